The maximum Gasteiger partial charge on any atom is 0.0621 e. The van der Waals surface area contributed by atoms with Crippen molar-refractivity contribution < 1.29 is 9.84 Å². The van der Waals surface area contributed by atoms with E-state index in [0.29, 0.717) is 18.2 Å². The number of hydrogen-bond donors (Lipinski definition) is 2. The van der Waals surface area contributed by atoms with Gasteiger partial charge in [-0.2, -0.15) is 0 Å². The van der Waals surface area contributed by atoms with Crippen LogP contribution in [0, 0.1) is 5.41 Å². The molecule has 0 amide bonds. The molecule has 4 atom stereocenters. The van der Waals surface area contributed by atoms with Crippen molar-refractivity contribution in [3.05, 3.63) is 0 Å². The highest BCUT2D eigenvalue weighted by Gasteiger charge is 2.48. The highest BCUT2D eigenvalue weighted by Crippen LogP contribution is 2.41. The molecule has 0 aromatic heterocycles. The van der Waals surface area contributed by atoms with Gasteiger partial charge in [-0.05, 0) is 25.7 Å². The van der Waals surface area contributed by atoms with Crippen LogP contribution in [0.5, 0.6) is 0 Å². The van der Waals surface area contributed by atoms with E-state index in [1.54, 1.807) is 7.11 Å². The van der Waals surface area contributed by atoms with Crippen molar-refractivity contribution >= 4 is 0 Å². The summed E-state index contributed by atoms with van der Waals surface area (Å²) in [5.74, 6) is 0. The van der Waals surface area contributed by atoms with Crippen molar-refractivity contribution in [1.82, 2.24) is 5.32 Å². The van der Waals surface area contributed by atoms with Crippen LogP contribution in [-0.4, -0.2) is 36.5 Å². The first-order valence-electron chi connectivity index (χ1n) is 6.01. The van der Waals surface area contributed by atoms with Crippen molar-refractivity contribution in [3.8, 4) is 0 Å². The Balaban J connectivity index is 1.79. The molecule has 2 saturated carbocycles. The van der Waals surface area contributed by atoms with E-state index >= 15 is 0 Å². The third-order valence-corrected chi connectivity index (χ3v) is 4.37. The molecule has 4 unspecified atom stereocenters. The molecule has 2 aliphatic carbocycles. The molecule has 0 heterocycles. The van der Waals surface area contributed by atoms with Gasteiger partial charge in [0.2, 0.25) is 0 Å². The zero-order chi connectivity index (χ0) is 11.1. The summed E-state index contributed by atoms with van der Waals surface area (Å²) in [5, 5.41) is 13.3. The Morgan fingerprint density at radius 3 is 2.47 bits per heavy atom. The van der Waals surface area contributed by atoms with Gasteiger partial charge >= 0.3 is 0 Å². The van der Waals surface area contributed by atoms with Gasteiger partial charge in [-0.15, -0.1) is 0 Å². The lowest BCUT2D eigenvalue weighted by molar-refractivity contribution is -0.0760. The average Bonchev–Trinajstić information content (AvgIpc) is 2.65. The number of rotatable bonds is 3. The first-order valence-corrected chi connectivity index (χ1v) is 6.01. The minimum absolute atomic E-state index is 0.0468. The Morgan fingerprint density at radius 1 is 1.27 bits per heavy atom. The van der Waals surface area contributed by atoms with Crippen LogP contribution in [0.2, 0.25) is 0 Å². The number of ether oxygens (including phenoxy) is 1. The zero-order valence-corrected chi connectivity index (χ0v) is 9.99. The molecule has 0 aromatic carbocycles. The van der Waals surface area contributed by atoms with E-state index in [-0.39, 0.29) is 11.5 Å². The van der Waals surface area contributed by atoms with Crippen LogP contribution in [-0.2, 0) is 4.74 Å². The van der Waals surface area contributed by atoms with Crippen LogP contribution in [0.3, 0.4) is 0 Å². The molecule has 2 rings (SSSR count). The van der Waals surface area contributed by atoms with Crippen molar-refractivity contribution in [2.24, 2.45) is 5.41 Å². The van der Waals surface area contributed by atoms with E-state index in [2.05, 4.69) is 19.2 Å². The molecule has 3 nitrogen and oxygen atoms in total. The normalized spacial score (nSPS) is 44.0. The molecule has 0 bridgehead atoms. The molecule has 0 spiro atoms. The third kappa shape index (κ3) is 2.05. The third-order valence-electron chi connectivity index (χ3n) is 4.37. The van der Waals surface area contributed by atoms with Crippen molar-refractivity contribution in [1.29, 1.82) is 0 Å². The summed E-state index contributed by atoms with van der Waals surface area (Å²) in [6.45, 7) is 4.28. The molecular formula is C12H23NO2. The molecule has 0 saturated heterocycles. The number of aliphatic hydroxyl groups excluding tert-OH is 1. The fraction of sp³-hybridized carbons (Fsp3) is 1.00. The monoisotopic (exact) mass is 213 g/mol. The van der Waals surface area contributed by atoms with Crippen molar-refractivity contribution in [2.75, 3.05) is 7.11 Å². The minimum Gasteiger partial charge on any atom is -0.392 e. The Labute approximate surface area is 92.2 Å². The first-order chi connectivity index (χ1) is 7.04. The fourth-order valence-electron chi connectivity index (χ4n) is 2.78. The van der Waals surface area contributed by atoms with Crippen molar-refractivity contribution in [2.45, 2.75) is 63.8 Å². The van der Waals surface area contributed by atoms with E-state index < -0.39 is 0 Å². The molecule has 15 heavy (non-hydrogen) atoms. The van der Waals surface area contributed by atoms with Crippen LogP contribution in [0.15, 0.2) is 0 Å². The summed E-state index contributed by atoms with van der Waals surface area (Å²) in [6.07, 6.45) is 4.72. The number of hydrogen-bond acceptors (Lipinski definition) is 3. The highest BCUT2D eigenvalue weighted by atomic mass is 16.5. The summed E-state index contributed by atoms with van der Waals surface area (Å²) >= 11 is 0. The molecule has 2 N–H and O–H groups in total. The lowest BCUT2D eigenvalue weighted by atomic mass is 9.64. The second-order valence-corrected chi connectivity index (χ2v) is 5.66. The standard InChI is InChI=1S/C12H23NO2/c1-12(2)10(7-11(12)14)13-8-4-5-9(6-8)15-3/h8-11,13-14H,4-7H2,1-3H3. The Hall–Kier alpha value is -0.120. The van der Waals surface area contributed by atoms with E-state index in [0.717, 1.165) is 12.8 Å². The molecule has 0 radical (unpaired) electrons. The summed E-state index contributed by atoms with van der Waals surface area (Å²) in [4.78, 5) is 0. The largest absolute Gasteiger partial charge is 0.392 e. The molecular weight excluding hydrogens is 190 g/mol. The van der Waals surface area contributed by atoms with Crippen LogP contribution >= 0.6 is 0 Å². The molecule has 3 heteroatoms. The maximum atomic E-state index is 9.65. The zero-order valence-electron chi connectivity index (χ0n) is 9.99. The topological polar surface area (TPSA) is 41.5 Å². The molecule has 2 fully saturated rings. The number of nitrogens with one attached hydrogen (secondary N) is 1. The maximum absolute atomic E-state index is 9.65. The van der Waals surface area contributed by atoms with Gasteiger partial charge in [0.05, 0.1) is 12.2 Å². The van der Waals surface area contributed by atoms with Gasteiger partial charge in [0.25, 0.3) is 0 Å². The van der Waals surface area contributed by atoms with Gasteiger partial charge in [-0.25, -0.2) is 0 Å². The van der Waals surface area contributed by atoms with E-state index in [9.17, 15) is 5.11 Å². The predicted octanol–water partition coefficient (Wildman–Crippen LogP) is 1.30. The van der Waals surface area contributed by atoms with E-state index in [1.807, 2.05) is 0 Å². The number of aliphatic hydroxyl groups is 1. The second-order valence-electron chi connectivity index (χ2n) is 5.66. The summed E-state index contributed by atoms with van der Waals surface area (Å²) < 4.78 is 5.36. The quantitative estimate of drug-likeness (QED) is 0.742. The van der Waals surface area contributed by atoms with E-state index in [4.69, 9.17) is 4.74 Å². The molecule has 0 aromatic rings. The average molecular weight is 213 g/mol. The van der Waals surface area contributed by atoms with Crippen LogP contribution in [0.4, 0.5) is 0 Å². The first kappa shape index (κ1) is 11.4. The number of methoxy groups -OCH3 is 1. The lowest BCUT2D eigenvalue weighted by Gasteiger charge is -2.50. The Morgan fingerprint density at radius 2 is 2.00 bits per heavy atom. The lowest BCUT2D eigenvalue weighted by Crippen LogP contribution is -2.61. The van der Waals surface area contributed by atoms with Gasteiger partial charge in [0.1, 0.15) is 0 Å². The van der Waals surface area contributed by atoms with Gasteiger partial charge in [-0.3, -0.25) is 0 Å². The SMILES string of the molecule is COC1CCC(NC2CC(O)C2(C)C)C1. The predicted molar refractivity (Wildman–Crippen MR) is 59.8 cm³/mol. The van der Waals surface area contributed by atoms with Crippen molar-refractivity contribution in [3.63, 3.8) is 0 Å². The van der Waals surface area contributed by atoms with Crippen LogP contribution in [0.25, 0.3) is 0 Å². The smallest absolute Gasteiger partial charge is 0.0621 e. The summed E-state index contributed by atoms with van der Waals surface area (Å²) in [6, 6.07) is 1.07. The minimum atomic E-state index is -0.130. The van der Waals surface area contributed by atoms with Gasteiger partial charge in [0, 0.05) is 24.6 Å². The molecule has 2 aliphatic rings. The summed E-state index contributed by atoms with van der Waals surface area (Å²) in [7, 11) is 1.80. The molecule has 0 aliphatic heterocycles. The van der Waals surface area contributed by atoms with Gasteiger partial charge < -0.3 is 15.2 Å². The Bertz CT molecular complexity index is 230. The van der Waals surface area contributed by atoms with E-state index in [1.165, 1.54) is 12.8 Å². The van der Waals surface area contributed by atoms with Crippen LogP contribution < -0.4 is 5.32 Å². The molecule has 88 valence electrons. The Kier molecular flexibility index (Phi) is 3.06. The van der Waals surface area contributed by atoms with Gasteiger partial charge in [0.15, 0.2) is 0 Å². The highest BCUT2D eigenvalue weighted by molar-refractivity contribution is 5.03. The van der Waals surface area contributed by atoms with Gasteiger partial charge in [-0.1, -0.05) is 13.8 Å². The fourth-order valence-corrected chi connectivity index (χ4v) is 2.78. The summed E-state index contributed by atoms with van der Waals surface area (Å²) in [5.41, 5.74) is 0.0468. The second kappa shape index (κ2) is 4.04. The van der Waals surface area contributed by atoms with Crippen LogP contribution in [0.1, 0.15) is 39.5 Å².